The van der Waals surface area contributed by atoms with Crippen molar-refractivity contribution in [1.29, 1.82) is 5.26 Å². The maximum absolute atomic E-state index is 8.70. The molecule has 0 amide bonds. The molecule has 0 spiro atoms. The van der Waals surface area contributed by atoms with Crippen molar-refractivity contribution in [2.75, 3.05) is 6.54 Å². The van der Waals surface area contributed by atoms with Gasteiger partial charge in [-0.3, -0.25) is 0 Å². The molecule has 3 heteroatoms. The second-order valence-electron chi connectivity index (χ2n) is 2.53. The Morgan fingerprint density at radius 2 is 2.46 bits per heavy atom. The first kappa shape index (κ1) is 9.43. The van der Waals surface area contributed by atoms with Gasteiger partial charge >= 0.3 is 0 Å². The van der Waals surface area contributed by atoms with Gasteiger partial charge in [-0.1, -0.05) is 18.2 Å². The van der Waals surface area contributed by atoms with Crippen molar-refractivity contribution in [3.05, 3.63) is 35.7 Å². The van der Waals surface area contributed by atoms with Gasteiger partial charge in [-0.2, -0.15) is 5.26 Å². The highest BCUT2D eigenvalue weighted by molar-refractivity contribution is 5.54. The van der Waals surface area contributed by atoms with Crippen molar-refractivity contribution in [3.63, 3.8) is 0 Å². The Balaban J connectivity index is 2.82. The Morgan fingerprint density at radius 3 is 3.15 bits per heavy atom. The van der Waals surface area contributed by atoms with Gasteiger partial charge in [-0.25, -0.2) is 4.98 Å². The highest BCUT2D eigenvalue weighted by atomic mass is 14.7. The van der Waals surface area contributed by atoms with Crippen LogP contribution in [0.4, 0.5) is 0 Å². The van der Waals surface area contributed by atoms with Crippen LogP contribution in [0.15, 0.2) is 24.4 Å². The van der Waals surface area contributed by atoms with Gasteiger partial charge < -0.3 is 5.73 Å². The minimum atomic E-state index is 0.454. The maximum Gasteiger partial charge on any atom is 0.147 e. The van der Waals surface area contributed by atoms with Gasteiger partial charge in [-0.15, -0.1) is 0 Å². The Labute approximate surface area is 77.5 Å². The minimum absolute atomic E-state index is 0.454. The first-order chi connectivity index (χ1) is 6.38. The maximum atomic E-state index is 8.70. The summed E-state index contributed by atoms with van der Waals surface area (Å²) in [7, 11) is 0. The third-order valence-electron chi connectivity index (χ3n) is 1.58. The Hall–Kier alpha value is -1.66. The molecule has 0 saturated carbocycles. The van der Waals surface area contributed by atoms with Crippen molar-refractivity contribution in [1.82, 2.24) is 4.98 Å². The lowest BCUT2D eigenvalue weighted by atomic mass is 10.2. The molecule has 2 N–H and O–H groups in total. The highest BCUT2D eigenvalue weighted by Gasteiger charge is 1.95. The van der Waals surface area contributed by atoms with E-state index in [4.69, 9.17) is 11.0 Å². The smallest absolute Gasteiger partial charge is 0.147 e. The van der Waals surface area contributed by atoms with Crippen LogP contribution in [0.1, 0.15) is 17.7 Å². The zero-order valence-corrected chi connectivity index (χ0v) is 7.27. The highest BCUT2D eigenvalue weighted by Crippen LogP contribution is 2.06. The lowest BCUT2D eigenvalue weighted by Crippen LogP contribution is -1.95. The van der Waals surface area contributed by atoms with Gasteiger partial charge in [0.15, 0.2) is 0 Å². The topological polar surface area (TPSA) is 62.7 Å². The molecule has 1 aromatic heterocycles. The molecule has 3 nitrogen and oxygen atoms in total. The molecule has 0 atom stereocenters. The van der Waals surface area contributed by atoms with Gasteiger partial charge in [0.25, 0.3) is 0 Å². The molecule has 0 saturated heterocycles. The second kappa shape index (κ2) is 5.07. The molecule has 0 fully saturated rings. The summed E-state index contributed by atoms with van der Waals surface area (Å²) in [6, 6.07) is 5.70. The van der Waals surface area contributed by atoms with Gasteiger partial charge in [0.05, 0.1) is 0 Å². The number of nitrogens with two attached hydrogens (primary N) is 1. The van der Waals surface area contributed by atoms with Crippen molar-refractivity contribution in [3.8, 4) is 6.07 Å². The Kier molecular flexibility index (Phi) is 3.68. The van der Waals surface area contributed by atoms with E-state index in [1.54, 1.807) is 6.20 Å². The average Bonchev–Trinajstić information content (AvgIpc) is 2.19. The first-order valence-electron chi connectivity index (χ1n) is 4.10. The fourth-order valence-electron chi connectivity index (χ4n) is 0.952. The summed E-state index contributed by atoms with van der Waals surface area (Å²) in [6.07, 6.45) is 6.24. The quantitative estimate of drug-likeness (QED) is 0.749. The van der Waals surface area contributed by atoms with Gasteiger partial charge in [-0.05, 0) is 19.0 Å². The molecule has 13 heavy (non-hydrogen) atoms. The van der Waals surface area contributed by atoms with Gasteiger partial charge in [0, 0.05) is 11.8 Å². The minimum Gasteiger partial charge on any atom is -0.330 e. The number of hydrogen-bond acceptors (Lipinski definition) is 3. The van der Waals surface area contributed by atoms with E-state index in [0.29, 0.717) is 12.2 Å². The van der Waals surface area contributed by atoms with E-state index in [-0.39, 0.29) is 0 Å². The van der Waals surface area contributed by atoms with Crippen LogP contribution in [0.3, 0.4) is 0 Å². The molecule has 1 rings (SSSR count). The fourth-order valence-corrected chi connectivity index (χ4v) is 0.952. The second-order valence-corrected chi connectivity index (χ2v) is 2.53. The van der Waals surface area contributed by atoms with Crippen LogP contribution in [0.2, 0.25) is 0 Å². The average molecular weight is 173 g/mol. The van der Waals surface area contributed by atoms with Gasteiger partial charge in [0.1, 0.15) is 11.8 Å². The van der Waals surface area contributed by atoms with E-state index in [1.165, 1.54) is 0 Å². The lowest BCUT2D eigenvalue weighted by Gasteiger charge is -1.94. The lowest BCUT2D eigenvalue weighted by molar-refractivity contribution is 1.01. The molecule has 66 valence electrons. The van der Waals surface area contributed by atoms with Crippen LogP contribution in [0, 0.1) is 11.3 Å². The van der Waals surface area contributed by atoms with Crippen molar-refractivity contribution >= 4 is 6.08 Å². The first-order valence-corrected chi connectivity index (χ1v) is 4.10. The van der Waals surface area contributed by atoms with Crippen LogP contribution < -0.4 is 5.73 Å². The summed E-state index contributed by atoms with van der Waals surface area (Å²) < 4.78 is 0. The summed E-state index contributed by atoms with van der Waals surface area (Å²) in [5, 5.41) is 8.70. The van der Waals surface area contributed by atoms with Crippen LogP contribution >= 0.6 is 0 Å². The van der Waals surface area contributed by atoms with E-state index in [1.807, 2.05) is 30.4 Å². The number of nitrogens with zero attached hydrogens (tertiary/aromatic N) is 2. The third-order valence-corrected chi connectivity index (χ3v) is 1.58. The molecule has 1 heterocycles. The predicted molar refractivity (Wildman–Crippen MR) is 51.7 cm³/mol. The summed E-state index contributed by atoms with van der Waals surface area (Å²) in [5.41, 5.74) is 6.63. The zero-order valence-electron chi connectivity index (χ0n) is 7.27. The van der Waals surface area contributed by atoms with Crippen LogP contribution in [-0.2, 0) is 0 Å². The summed E-state index contributed by atoms with van der Waals surface area (Å²) in [4.78, 5) is 3.93. The van der Waals surface area contributed by atoms with E-state index in [0.717, 1.165) is 12.0 Å². The SMILES string of the molecule is N#Cc1ncccc1C=CCCN. The molecule has 1 aromatic rings. The molecule has 0 aliphatic carbocycles. The van der Waals surface area contributed by atoms with E-state index in [9.17, 15) is 0 Å². The molecule has 0 aromatic carbocycles. The van der Waals surface area contributed by atoms with E-state index >= 15 is 0 Å². The van der Waals surface area contributed by atoms with Crippen LogP contribution in [0.5, 0.6) is 0 Å². The summed E-state index contributed by atoms with van der Waals surface area (Å²) in [5.74, 6) is 0. The van der Waals surface area contributed by atoms with Gasteiger partial charge in [0.2, 0.25) is 0 Å². The number of rotatable bonds is 3. The Morgan fingerprint density at radius 1 is 1.62 bits per heavy atom. The summed E-state index contributed by atoms with van der Waals surface area (Å²) >= 11 is 0. The van der Waals surface area contributed by atoms with Crippen molar-refractivity contribution in [2.45, 2.75) is 6.42 Å². The number of aromatic nitrogens is 1. The fraction of sp³-hybridized carbons (Fsp3) is 0.200. The van der Waals surface area contributed by atoms with Crippen LogP contribution in [-0.4, -0.2) is 11.5 Å². The van der Waals surface area contributed by atoms with Crippen LogP contribution in [0.25, 0.3) is 6.08 Å². The monoisotopic (exact) mass is 173 g/mol. The molecule has 0 radical (unpaired) electrons. The molecule has 0 unspecified atom stereocenters. The van der Waals surface area contributed by atoms with E-state index < -0.39 is 0 Å². The molecular formula is C10H11N3. The third kappa shape index (κ3) is 2.69. The number of nitriles is 1. The zero-order chi connectivity index (χ0) is 9.52. The summed E-state index contributed by atoms with van der Waals surface area (Å²) in [6.45, 7) is 0.624. The van der Waals surface area contributed by atoms with Crippen molar-refractivity contribution < 1.29 is 0 Å². The molecule has 0 bridgehead atoms. The van der Waals surface area contributed by atoms with E-state index in [2.05, 4.69) is 4.98 Å². The largest absolute Gasteiger partial charge is 0.330 e. The normalized spacial score (nSPS) is 10.2. The Bertz CT molecular complexity index is 336. The standard InChI is InChI=1S/C10H11N3/c11-6-2-1-4-9-5-3-7-13-10(9)8-12/h1,3-5,7H,2,6,11H2. The molecule has 0 aliphatic rings. The molecule has 0 aliphatic heterocycles. The predicted octanol–water partition coefficient (Wildman–Crippen LogP) is 1.32. The van der Waals surface area contributed by atoms with Crippen molar-refractivity contribution in [2.24, 2.45) is 5.73 Å². The molecular weight excluding hydrogens is 162 g/mol. The number of hydrogen-bond donors (Lipinski definition) is 1. The number of pyridine rings is 1.